The van der Waals surface area contributed by atoms with E-state index in [2.05, 4.69) is 4.98 Å². The second-order valence-electron chi connectivity index (χ2n) is 4.03. The molecule has 0 atom stereocenters. The van der Waals surface area contributed by atoms with Gasteiger partial charge in [-0.05, 0) is 18.9 Å². The molecule has 6 nitrogen and oxygen atoms in total. The molecule has 1 aliphatic rings. The zero-order chi connectivity index (χ0) is 13.1. The highest BCUT2D eigenvalue weighted by molar-refractivity contribution is 6.17. The number of amides is 2. The Labute approximate surface area is 103 Å². The summed E-state index contributed by atoms with van der Waals surface area (Å²) in [5, 5.41) is 9.06. The summed E-state index contributed by atoms with van der Waals surface area (Å²) >= 11 is 0. The van der Waals surface area contributed by atoms with Crippen LogP contribution in [0.2, 0.25) is 0 Å². The van der Waals surface area contributed by atoms with E-state index in [-0.39, 0.29) is 35.9 Å². The maximum Gasteiger partial charge on any atom is 0.337 e. The Morgan fingerprint density at radius 1 is 1.22 bits per heavy atom. The Balaban J connectivity index is 2.48. The van der Waals surface area contributed by atoms with E-state index in [4.69, 9.17) is 5.11 Å². The molecule has 0 aliphatic carbocycles. The minimum Gasteiger partial charge on any atom is -0.478 e. The number of pyridine rings is 1. The van der Waals surface area contributed by atoms with Crippen molar-refractivity contribution in [2.24, 2.45) is 0 Å². The SMILES string of the molecule is O=C(O)c1ccncc1N1C(=O)CCCCC1=O. The fourth-order valence-electron chi connectivity index (χ4n) is 1.93. The van der Waals surface area contributed by atoms with Crippen molar-refractivity contribution in [1.29, 1.82) is 0 Å². The minimum absolute atomic E-state index is 0.0573. The summed E-state index contributed by atoms with van der Waals surface area (Å²) in [7, 11) is 0. The van der Waals surface area contributed by atoms with Crippen LogP contribution in [0, 0.1) is 0 Å². The normalized spacial score (nSPS) is 16.6. The van der Waals surface area contributed by atoms with Gasteiger partial charge in [-0.3, -0.25) is 14.6 Å². The van der Waals surface area contributed by atoms with Crippen molar-refractivity contribution < 1.29 is 19.5 Å². The van der Waals surface area contributed by atoms with E-state index in [9.17, 15) is 14.4 Å². The molecule has 1 aromatic rings. The lowest BCUT2D eigenvalue weighted by atomic mass is 10.2. The van der Waals surface area contributed by atoms with Crippen LogP contribution in [0.4, 0.5) is 5.69 Å². The van der Waals surface area contributed by atoms with Crippen molar-refractivity contribution in [3.05, 3.63) is 24.0 Å². The Morgan fingerprint density at radius 3 is 2.39 bits per heavy atom. The van der Waals surface area contributed by atoms with Crippen molar-refractivity contribution in [2.45, 2.75) is 25.7 Å². The molecule has 1 N–H and O–H groups in total. The van der Waals surface area contributed by atoms with E-state index in [0.717, 1.165) is 4.90 Å². The molecule has 18 heavy (non-hydrogen) atoms. The first kappa shape index (κ1) is 12.2. The fraction of sp³-hybridized carbons (Fsp3) is 0.333. The lowest BCUT2D eigenvalue weighted by molar-refractivity contribution is -0.125. The molecule has 0 unspecified atom stereocenters. The molecule has 2 heterocycles. The van der Waals surface area contributed by atoms with E-state index >= 15 is 0 Å². The van der Waals surface area contributed by atoms with Gasteiger partial charge in [0.15, 0.2) is 0 Å². The topological polar surface area (TPSA) is 87.6 Å². The first-order chi connectivity index (χ1) is 8.61. The molecule has 1 aliphatic heterocycles. The number of rotatable bonds is 2. The van der Waals surface area contributed by atoms with Gasteiger partial charge < -0.3 is 5.11 Å². The third-order valence-corrected chi connectivity index (χ3v) is 2.80. The summed E-state index contributed by atoms with van der Waals surface area (Å²) in [5.41, 5.74) is -0.0319. The number of aromatic nitrogens is 1. The molecule has 0 aromatic carbocycles. The van der Waals surface area contributed by atoms with Crippen molar-refractivity contribution in [3.63, 3.8) is 0 Å². The van der Waals surface area contributed by atoms with E-state index < -0.39 is 5.97 Å². The maximum absolute atomic E-state index is 11.9. The highest BCUT2D eigenvalue weighted by Crippen LogP contribution is 2.24. The summed E-state index contributed by atoms with van der Waals surface area (Å²) in [5.74, 6) is -1.92. The van der Waals surface area contributed by atoms with Crippen molar-refractivity contribution in [1.82, 2.24) is 4.98 Å². The standard InChI is InChI=1S/C12H12N2O4/c15-10-3-1-2-4-11(16)14(10)9-7-13-6-5-8(9)12(17)18/h5-7H,1-4H2,(H,17,18). The minimum atomic E-state index is -1.18. The Morgan fingerprint density at radius 2 is 1.83 bits per heavy atom. The molecule has 0 saturated carbocycles. The Hall–Kier alpha value is -2.24. The average molecular weight is 248 g/mol. The number of carboxylic acids is 1. The Kier molecular flexibility index (Phi) is 3.36. The summed E-state index contributed by atoms with van der Waals surface area (Å²) in [6, 6.07) is 1.28. The van der Waals surface area contributed by atoms with Gasteiger partial charge in [0.1, 0.15) is 0 Å². The van der Waals surface area contributed by atoms with Gasteiger partial charge in [-0.15, -0.1) is 0 Å². The van der Waals surface area contributed by atoms with Crippen LogP contribution in [-0.2, 0) is 9.59 Å². The molecule has 1 aromatic heterocycles. The Bertz CT molecular complexity index is 495. The molecule has 1 saturated heterocycles. The zero-order valence-corrected chi connectivity index (χ0v) is 9.63. The van der Waals surface area contributed by atoms with Gasteiger partial charge in [0, 0.05) is 19.0 Å². The van der Waals surface area contributed by atoms with Crippen LogP contribution in [-0.4, -0.2) is 27.9 Å². The van der Waals surface area contributed by atoms with Crippen LogP contribution in [0.1, 0.15) is 36.0 Å². The van der Waals surface area contributed by atoms with Crippen molar-refractivity contribution in [3.8, 4) is 0 Å². The highest BCUT2D eigenvalue weighted by atomic mass is 16.4. The number of anilines is 1. The first-order valence-corrected chi connectivity index (χ1v) is 5.64. The van der Waals surface area contributed by atoms with E-state index in [1.807, 2.05) is 0 Å². The average Bonchev–Trinajstić information content (AvgIpc) is 2.50. The second kappa shape index (κ2) is 4.95. The number of aromatic carboxylic acids is 1. The third-order valence-electron chi connectivity index (χ3n) is 2.80. The second-order valence-corrected chi connectivity index (χ2v) is 4.03. The molecule has 1 fully saturated rings. The number of hydrogen-bond acceptors (Lipinski definition) is 4. The summed E-state index contributed by atoms with van der Waals surface area (Å²) < 4.78 is 0. The van der Waals surface area contributed by atoms with Crippen LogP contribution in [0.25, 0.3) is 0 Å². The molecule has 0 spiro atoms. The number of imide groups is 1. The summed E-state index contributed by atoms with van der Waals surface area (Å²) in [4.78, 5) is 39.6. The molecule has 0 radical (unpaired) electrons. The fourth-order valence-corrected chi connectivity index (χ4v) is 1.93. The highest BCUT2D eigenvalue weighted by Gasteiger charge is 2.29. The largest absolute Gasteiger partial charge is 0.478 e. The molecule has 6 heteroatoms. The van der Waals surface area contributed by atoms with Gasteiger partial charge in [-0.25, -0.2) is 9.69 Å². The van der Waals surface area contributed by atoms with Crippen LogP contribution >= 0.6 is 0 Å². The number of carboxylic acid groups (broad SMARTS) is 1. The lowest BCUT2D eigenvalue weighted by Gasteiger charge is -2.19. The lowest BCUT2D eigenvalue weighted by Crippen LogP contribution is -2.36. The predicted octanol–water partition coefficient (Wildman–Crippen LogP) is 1.21. The summed E-state index contributed by atoms with van der Waals surface area (Å²) in [6.07, 6.45) is 4.34. The number of nitrogens with zero attached hydrogens (tertiary/aromatic N) is 2. The van der Waals surface area contributed by atoms with E-state index in [0.29, 0.717) is 12.8 Å². The molecule has 94 valence electrons. The molecule has 0 bridgehead atoms. The van der Waals surface area contributed by atoms with Crippen LogP contribution in [0.15, 0.2) is 18.5 Å². The quantitative estimate of drug-likeness (QED) is 0.795. The van der Waals surface area contributed by atoms with E-state index in [1.54, 1.807) is 0 Å². The van der Waals surface area contributed by atoms with Crippen molar-refractivity contribution in [2.75, 3.05) is 4.90 Å². The van der Waals surface area contributed by atoms with Crippen LogP contribution in [0.3, 0.4) is 0 Å². The van der Waals surface area contributed by atoms with Crippen molar-refractivity contribution >= 4 is 23.5 Å². The summed E-state index contributed by atoms with van der Waals surface area (Å²) in [6.45, 7) is 0. The maximum atomic E-state index is 11.9. The first-order valence-electron chi connectivity index (χ1n) is 5.64. The number of hydrogen-bond donors (Lipinski definition) is 1. The van der Waals surface area contributed by atoms with Gasteiger partial charge in [0.25, 0.3) is 0 Å². The smallest absolute Gasteiger partial charge is 0.337 e. The van der Waals surface area contributed by atoms with Gasteiger partial charge in [0.05, 0.1) is 17.4 Å². The molecular formula is C12H12N2O4. The number of carbonyl (C=O) groups is 3. The third kappa shape index (κ3) is 2.22. The van der Waals surface area contributed by atoms with Gasteiger partial charge >= 0.3 is 5.97 Å². The monoisotopic (exact) mass is 248 g/mol. The molecule has 2 amide bonds. The van der Waals surface area contributed by atoms with Gasteiger partial charge in [0.2, 0.25) is 11.8 Å². The molecular weight excluding hydrogens is 236 g/mol. The predicted molar refractivity (Wildman–Crippen MR) is 62.2 cm³/mol. The van der Waals surface area contributed by atoms with Crippen LogP contribution < -0.4 is 4.90 Å². The van der Waals surface area contributed by atoms with E-state index in [1.165, 1.54) is 18.5 Å². The van der Waals surface area contributed by atoms with Crippen LogP contribution in [0.5, 0.6) is 0 Å². The van der Waals surface area contributed by atoms with Gasteiger partial charge in [-0.1, -0.05) is 0 Å². The molecule has 2 rings (SSSR count). The van der Waals surface area contributed by atoms with Gasteiger partial charge in [-0.2, -0.15) is 0 Å². The zero-order valence-electron chi connectivity index (χ0n) is 9.63. The number of carbonyl (C=O) groups excluding carboxylic acids is 2.